The molecule has 188 valence electrons. The van der Waals surface area contributed by atoms with Crippen molar-refractivity contribution in [1.29, 1.82) is 0 Å². The van der Waals surface area contributed by atoms with Gasteiger partial charge in [-0.1, -0.05) is 74.0 Å². The van der Waals surface area contributed by atoms with Crippen molar-refractivity contribution in [3.8, 4) is 11.1 Å². The van der Waals surface area contributed by atoms with Crippen molar-refractivity contribution in [2.45, 2.75) is 33.2 Å². The molecule has 0 atom stereocenters. The number of unbranched alkanes of at least 4 members (excludes halogenated alkanes) is 1. The van der Waals surface area contributed by atoms with E-state index in [-0.39, 0.29) is 5.97 Å². The summed E-state index contributed by atoms with van der Waals surface area (Å²) < 4.78 is 7.88. The first-order valence-electron chi connectivity index (χ1n) is 13.2. The molecule has 0 radical (unpaired) electrons. The summed E-state index contributed by atoms with van der Waals surface area (Å²) in [6.45, 7) is 5.59. The third-order valence-electron chi connectivity index (χ3n) is 7.20. The molecule has 0 N–H and O–H groups in total. The second kappa shape index (κ2) is 10.1. The molecule has 0 unspecified atom stereocenters. The van der Waals surface area contributed by atoms with E-state index in [1.54, 1.807) is 6.21 Å². The topological polar surface area (TPSA) is 55.9 Å². The minimum absolute atomic E-state index is 0.297. The number of carbonyl (C=O) groups excluding carboxylic acids is 1. The van der Waals surface area contributed by atoms with Crippen LogP contribution >= 0.6 is 0 Å². The van der Waals surface area contributed by atoms with Crippen molar-refractivity contribution >= 4 is 39.7 Å². The van der Waals surface area contributed by atoms with Crippen LogP contribution < -0.4 is 0 Å². The van der Waals surface area contributed by atoms with Gasteiger partial charge in [-0.3, -0.25) is 0 Å². The van der Waals surface area contributed by atoms with E-state index in [1.165, 1.54) is 21.8 Å². The summed E-state index contributed by atoms with van der Waals surface area (Å²) in [5.41, 5.74) is 8.49. The molecule has 6 rings (SSSR count). The highest BCUT2D eigenvalue weighted by molar-refractivity contribution is 6.26. The quantitative estimate of drug-likeness (QED) is 0.0982. The number of hydrogen-bond acceptors (Lipinski definition) is 4. The van der Waals surface area contributed by atoms with Crippen molar-refractivity contribution in [2.75, 3.05) is 6.61 Å². The summed E-state index contributed by atoms with van der Waals surface area (Å²) in [5.74, 6) is -0.297. The normalized spacial score (nSPS) is 13.5. The van der Waals surface area contributed by atoms with E-state index in [1.807, 2.05) is 42.5 Å². The number of nitrogens with zero attached hydrogens (tertiary/aromatic N) is 3. The highest BCUT2D eigenvalue weighted by Gasteiger charge is 2.29. The number of rotatable bonds is 7. The number of hydrogen-bond donors (Lipinski definition) is 0. The van der Waals surface area contributed by atoms with Gasteiger partial charge in [-0.25, -0.2) is 4.79 Å². The Morgan fingerprint density at radius 1 is 0.842 bits per heavy atom. The SMILES string of the molecule is CCCCOC(=O)c1cccc2c1-c1ccccc1C2=NN=Cc1ccc2c(c1)c1ccccc1n2CC. The Morgan fingerprint density at radius 3 is 2.45 bits per heavy atom. The molecule has 0 amide bonds. The van der Waals surface area contributed by atoms with Crippen LogP contribution in [0.5, 0.6) is 0 Å². The van der Waals surface area contributed by atoms with Gasteiger partial charge in [-0.05, 0) is 48.7 Å². The van der Waals surface area contributed by atoms with Crippen LogP contribution in [0.2, 0.25) is 0 Å². The molecular weight excluding hydrogens is 470 g/mol. The van der Waals surface area contributed by atoms with E-state index in [4.69, 9.17) is 4.74 Å². The summed E-state index contributed by atoms with van der Waals surface area (Å²) in [6, 6.07) is 28.7. The van der Waals surface area contributed by atoms with Crippen LogP contribution in [-0.2, 0) is 11.3 Å². The van der Waals surface area contributed by atoms with E-state index in [2.05, 4.69) is 71.1 Å². The Labute approximate surface area is 222 Å². The zero-order valence-corrected chi connectivity index (χ0v) is 21.6. The highest BCUT2D eigenvalue weighted by atomic mass is 16.5. The lowest BCUT2D eigenvalue weighted by Crippen LogP contribution is -2.08. The molecule has 1 aliphatic rings. The van der Waals surface area contributed by atoms with Gasteiger partial charge < -0.3 is 9.30 Å². The van der Waals surface area contributed by atoms with Gasteiger partial charge in [-0.2, -0.15) is 5.10 Å². The second-order valence-electron chi connectivity index (χ2n) is 9.49. The summed E-state index contributed by atoms with van der Waals surface area (Å²) in [5, 5.41) is 11.6. The first kappa shape index (κ1) is 23.9. The predicted molar refractivity (Wildman–Crippen MR) is 155 cm³/mol. The number of aromatic nitrogens is 1. The maximum atomic E-state index is 12.9. The number of benzene rings is 4. The predicted octanol–water partition coefficient (Wildman–Crippen LogP) is 7.62. The van der Waals surface area contributed by atoms with Gasteiger partial charge in [0.2, 0.25) is 0 Å². The van der Waals surface area contributed by atoms with Gasteiger partial charge in [0.05, 0.1) is 18.4 Å². The van der Waals surface area contributed by atoms with E-state index in [0.717, 1.165) is 52.9 Å². The molecule has 1 aliphatic carbocycles. The number of esters is 1. The van der Waals surface area contributed by atoms with Gasteiger partial charge in [-0.15, -0.1) is 5.10 Å². The van der Waals surface area contributed by atoms with Crippen LogP contribution in [0, 0.1) is 0 Å². The summed E-state index contributed by atoms with van der Waals surface area (Å²) in [7, 11) is 0. The standard InChI is InChI=1S/C33H29N3O2/c1-3-5-19-38-33(37)27-15-10-14-26-31(27)24-12-6-7-13-25(24)32(26)35-34-21-22-17-18-30-28(20-22)23-11-8-9-16-29(23)36(30)4-2/h6-18,20-21H,3-5,19H2,1-2H3. The summed E-state index contributed by atoms with van der Waals surface area (Å²) >= 11 is 0. The van der Waals surface area contributed by atoms with Crippen molar-refractivity contribution in [1.82, 2.24) is 4.57 Å². The van der Waals surface area contributed by atoms with Gasteiger partial charge in [0.25, 0.3) is 0 Å². The molecule has 0 aliphatic heterocycles. The molecule has 4 aromatic carbocycles. The number of ether oxygens (including phenoxy) is 1. The molecular formula is C33H29N3O2. The number of fused-ring (bicyclic) bond motifs is 6. The molecule has 0 bridgehead atoms. The monoisotopic (exact) mass is 499 g/mol. The van der Waals surface area contributed by atoms with Crippen molar-refractivity contribution in [2.24, 2.45) is 10.2 Å². The molecule has 0 spiro atoms. The van der Waals surface area contributed by atoms with Gasteiger partial charge in [0.1, 0.15) is 5.71 Å². The molecule has 0 fully saturated rings. The fourth-order valence-corrected chi connectivity index (χ4v) is 5.40. The molecule has 5 heteroatoms. The van der Waals surface area contributed by atoms with Crippen LogP contribution in [0.15, 0.2) is 95.1 Å². The third-order valence-corrected chi connectivity index (χ3v) is 7.20. The minimum Gasteiger partial charge on any atom is -0.462 e. The molecule has 1 aromatic heterocycles. The zero-order chi connectivity index (χ0) is 26.1. The molecule has 5 aromatic rings. The molecule has 1 heterocycles. The smallest absolute Gasteiger partial charge is 0.338 e. The average molecular weight is 500 g/mol. The Kier molecular flexibility index (Phi) is 6.34. The minimum atomic E-state index is -0.297. The second-order valence-corrected chi connectivity index (χ2v) is 9.49. The van der Waals surface area contributed by atoms with Gasteiger partial charge >= 0.3 is 5.97 Å². The highest BCUT2D eigenvalue weighted by Crippen LogP contribution is 2.39. The lowest BCUT2D eigenvalue weighted by atomic mass is 9.99. The van der Waals surface area contributed by atoms with E-state index in [9.17, 15) is 4.79 Å². The van der Waals surface area contributed by atoms with Crippen molar-refractivity contribution in [3.05, 3.63) is 107 Å². The maximum absolute atomic E-state index is 12.9. The van der Waals surface area contributed by atoms with Gasteiger partial charge in [0, 0.05) is 45.0 Å². The Morgan fingerprint density at radius 2 is 1.61 bits per heavy atom. The lowest BCUT2D eigenvalue weighted by Gasteiger charge is -2.09. The zero-order valence-electron chi connectivity index (χ0n) is 21.6. The van der Waals surface area contributed by atoms with Crippen molar-refractivity contribution in [3.63, 3.8) is 0 Å². The van der Waals surface area contributed by atoms with Crippen LogP contribution in [0.4, 0.5) is 0 Å². The number of carbonyl (C=O) groups is 1. The molecule has 0 saturated carbocycles. The largest absolute Gasteiger partial charge is 0.462 e. The average Bonchev–Trinajstić information content (AvgIpc) is 3.45. The first-order chi connectivity index (χ1) is 18.7. The van der Waals surface area contributed by atoms with Crippen molar-refractivity contribution < 1.29 is 9.53 Å². The number of para-hydroxylation sites is 1. The van der Waals surface area contributed by atoms with Crippen LogP contribution in [0.1, 0.15) is 53.7 Å². The van der Waals surface area contributed by atoms with Gasteiger partial charge in [0.15, 0.2) is 0 Å². The lowest BCUT2D eigenvalue weighted by molar-refractivity contribution is 0.0500. The van der Waals surface area contributed by atoms with E-state index in [0.29, 0.717) is 12.2 Å². The Bertz CT molecular complexity index is 1740. The molecule has 0 saturated heterocycles. The van der Waals surface area contributed by atoms with Crippen LogP contribution in [0.25, 0.3) is 32.9 Å². The Balaban J connectivity index is 1.38. The fraction of sp³-hybridized carbons (Fsp3) is 0.182. The Hall–Kier alpha value is -4.51. The van der Waals surface area contributed by atoms with Crippen LogP contribution in [0.3, 0.4) is 0 Å². The maximum Gasteiger partial charge on any atom is 0.338 e. The van der Waals surface area contributed by atoms with Crippen LogP contribution in [-0.4, -0.2) is 29.1 Å². The number of aryl methyl sites for hydroxylation is 1. The first-order valence-corrected chi connectivity index (χ1v) is 13.2. The fourth-order valence-electron chi connectivity index (χ4n) is 5.40. The third kappa shape index (κ3) is 4.01. The van der Waals surface area contributed by atoms with E-state index >= 15 is 0 Å². The summed E-state index contributed by atoms with van der Waals surface area (Å²) in [6.07, 6.45) is 3.63. The molecule has 5 nitrogen and oxygen atoms in total. The molecule has 38 heavy (non-hydrogen) atoms. The summed E-state index contributed by atoms with van der Waals surface area (Å²) in [4.78, 5) is 12.9. The van der Waals surface area contributed by atoms with E-state index < -0.39 is 0 Å².